The highest BCUT2D eigenvalue weighted by Gasteiger charge is 2.49. The first-order valence-electron chi connectivity index (χ1n) is 17.1. The third kappa shape index (κ3) is 5.81. The van der Waals surface area contributed by atoms with Crippen molar-refractivity contribution in [3.63, 3.8) is 0 Å². The molecule has 6 heterocycles. The average Bonchev–Trinajstić information content (AvgIpc) is 3.93. The standard InChI is InChI=1S/C37H37ClF3N7O2/c1-46(25-12-16-47(20-25)29(49)11-9-24-6-3-14-42-24)35-27-18-43-33(26-7-2-5-22-8-10-28(40)31(38)30(22)26)32(41)34(27)44-36(45-35)50-21-37-13-4-15-48(37)19-23(39)17-37/h2,5-11,18,23,25,42H,3-4,12-17,19-21H2,1H3/b11-9+/t23?,25-,37+/m1/s1. The van der Waals surface area contributed by atoms with E-state index in [1.165, 1.54) is 12.3 Å². The number of allylic oxidation sites excluding steroid dienone is 1. The van der Waals surface area contributed by atoms with Crippen LogP contribution in [0.3, 0.4) is 0 Å². The molecule has 0 saturated carbocycles. The maximum absolute atomic E-state index is 16.8. The molecule has 4 aliphatic heterocycles. The first kappa shape index (κ1) is 32.8. The van der Waals surface area contributed by atoms with Gasteiger partial charge in [0.05, 0.1) is 15.9 Å². The Balaban J connectivity index is 1.16. The number of amides is 1. The predicted octanol–water partition coefficient (Wildman–Crippen LogP) is 6.20. The van der Waals surface area contributed by atoms with Crippen LogP contribution in [0.5, 0.6) is 6.01 Å². The van der Waals surface area contributed by atoms with Crippen molar-refractivity contribution in [2.24, 2.45) is 0 Å². The second-order valence-corrected chi connectivity index (χ2v) is 14.1. The monoisotopic (exact) mass is 703 g/mol. The lowest BCUT2D eigenvalue weighted by molar-refractivity contribution is -0.125. The number of carbonyl (C=O) groups is 1. The maximum atomic E-state index is 16.8. The first-order valence-corrected chi connectivity index (χ1v) is 17.5. The van der Waals surface area contributed by atoms with Gasteiger partial charge in [-0.2, -0.15) is 9.97 Å². The molecule has 2 aromatic heterocycles. The van der Waals surface area contributed by atoms with E-state index >= 15 is 4.39 Å². The maximum Gasteiger partial charge on any atom is 0.319 e. The molecule has 13 heteroatoms. The minimum Gasteiger partial charge on any atom is -0.461 e. The van der Waals surface area contributed by atoms with Gasteiger partial charge < -0.3 is 19.9 Å². The molecule has 0 radical (unpaired) electrons. The number of hydrogen-bond acceptors (Lipinski definition) is 8. The summed E-state index contributed by atoms with van der Waals surface area (Å²) in [6.45, 7) is 3.20. The van der Waals surface area contributed by atoms with Crippen LogP contribution >= 0.6 is 11.6 Å². The van der Waals surface area contributed by atoms with Gasteiger partial charge in [-0.05, 0) is 49.8 Å². The SMILES string of the molecule is CN(c1nc(OC[C@@]23CCCN2CC(F)C3)nc2c(F)c(-c3cccc4ccc(F)c(Cl)c34)ncc12)[C@@H]1CCN(C(=O)/C=C/C2=CCCN2)C1. The molecule has 2 aromatic carbocycles. The zero-order chi connectivity index (χ0) is 34.6. The summed E-state index contributed by atoms with van der Waals surface area (Å²) < 4.78 is 52.2. The fourth-order valence-electron chi connectivity index (χ4n) is 8.04. The molecule has 4 aliphatic rings. The number of aromatic nitrogens is 3. The van der Waals surface area contributed by atoms with Gasteiger partial charge >= 0.3 is 6.01 Å². The van der Waals surface area contributed by atoms with Crippen LogP contribution in [-0.2, 0) is 4.79 Å². The molecule has 0 aliphatic carbocycles. The Bertz CT molecular complexity index is 2060. The second kappa shape index (κ2) is 13.0. The lowest BCUT2D eigenvalue weighted by atomic mass is 9.95. The molecule has 1 unspecified atom stereocenters. The summed E-state index contributed by atoms with van der Waals surface area (Å²) in [7, 11) is 1.86. The number of likely N-dealkylation sites (N-methyl/N-ethyl adjacent to an activating group) is 1. The molecule has 50 heavy (non-hydrogen) atoms. The average molecular weight is 704 g/mol. The zero-order valence-corrected chi connectivity index (χ0v) is 28.4. The Hall–Kier alpha value is -4.42. The highest BCUT2D eigenvalue weighted by atomic mass is 35.5. The lowest BCUT2D eigenvalue weighted by Gasteiger charge is -2.31. The second-order valence-electron chi connectivity index (χ2n) is 13.7. The largest absolute Gasteiger partial charge is 0.461 e. The van der Waals surface area contributed by atoms with Crippen LogP contribution in [0.1, 0.15) is 32.1 Å². The van der Waals surface area contributed by atoms with Crippen molar-refractivity contribution in [1.29, 1.82) is 0 Å². The van der Waals surface area contributed by atoms with E-state index < -0.39 is 23.3 Å². The van der Waals surface area contributed by atoms with Crippen molar-refractivity contribution in [3.8, 4) is 17.3 Å². The molecule has 1 amide bonds. The summed E-state index contributed by atoms with van der Waals surface area (Å²) in [6, 6.07) is 7.86. The number of likely N-dealkylation sites (tertiary alicyclic amines) is 1. The summed E-state index contributed by atoms with van der Waals surface area (Å²) in [6.07, 6.45) is 9.73. The van der Waals surface area contributed by atoms with Crippen molar-refractivity contribution >= 4 is 45.0 Å². The number of pyridine rings is 1. The van der Waals surface area contributed by atoms with Crippen LogP contribution in [0.4, 0.5) is 19.0 Å². The van der Waals surface area contributed by atoms with E-state index in [1.54, 1.807) is 41.3 Å². The quantitative estimate of drug-likeness (QED) is 0.217. The number of rotatable bonds is 8. The predicted molar refractivity (Wildman–Crippen MR) is 187 cm³/mol. The van der Waals surface area contributed by atoms with Crippen LogP contribution in [0.25, 0.3) is 32.9 Å². The molecule has 0 bridgehead atoms. The number of carbonyl (C=O) groups excluding carboxylic acids is 1. The smallest absolute Gasteiger partial charge is 0.319 e. The molecule has 3 atom stereocenters. The van der Waals surface area contributed by atoms with Crippen molar-refractivity contribution in [2.75, 3.05) is 51.3 Å². The van der Waals surface area contributed by atoms with E-state index in [0.717, 1.165) is 38.0 Å². The first-order chi connectivity index (χ1) is 24.2. The number of halogens is 4. The molecular formula is C37H37ClF3N7O2. The van der Waals surface area contributed by atoms with Crippen molar-refractivity contribution in [2.45, 2.75) is 49.9 Å². The molecule has 0 spiro atoms. The van der Waals surface area contributed by atoms with Gasteiger partial charge in [0, 0.05) is 74.6 Å². The summed E-state index contributed by atoms with van der Waals surface area (Å²) in [5.41, 5.74) is 0.745. The molecule has 3 saturated heterocycles. The molecule has 3 fully saturated rings. The normalized spacial score (nSPS) is 23.6. The number of hydrogen-bond donors (Lipinski definition) is 1. The van der Waals surface area contributed by atoms with Gasteiger partial charge in [-0.1, -0.05) is 41.9 Å². The number of nitrogens with one attached hydrogen (secondary N) is 1. The van der Waals surface area contributed by atoms with Crippen LogP contribution in [0.15, 0.2) is 60.5 Å². The van der Waals surface area contributed by atoms with Crippen LogP contribution in [0.2, 0.25) is 5.02 Å². The van der Waals surface area contributed by atoms with Crippen molar-refractivity contribution in [1.82, 2.24) is 30.1 Å². The van der Waals surface area contributed by atoms with Gasteiger partial charge in [-0.25, -0.2) is 13.2 Å². The number of nitrogens with zero attached hydrogens (tertiary/aromatic N) is 6. The summed E-state index contributed by atoms with van der Waals surface area (Å²) in [5, 5.41) is 4.45. The third-order valence-electron chi connectivity index (χ3n) is 10.7. The number of alkyl halides is 1. The van der Waals surface area contributed by atoms with E-state index in [9.17, 15) is 13.6 Å². The van der Waals surface area contributed by atoms with Crippen LogP contribution in [-0.4, -0.2) is 94.8 Å². The Morgan fingerprint density at radius 3 is 2.92 bits per heavy atom. The molecule has 9 nitrogen and oxygen atoms in total. The zero-order valence-electron chi connectivity index (χ0n) is 27.6. The van der Waals surface area contributed by atoms with Gasteiger partial charge in [0.2, 0.25) is 5.91 Å². The van der Waals surface area contributed by atoms with E-state index in [2.05, 4.69) is 26.3 Å². The fraction of sp³-hybridized carbons (Fsp3) is 0.405. The van der Waals surface area contributed by atoms with Crippen LogP contribution < -0.4 is 15.0 Å². The minimum atomic E-state index is -0.935. The highest BCUT2D eigenvalue weighted by molar-refractivity contribution is 6.36. The minimum absolute atomic E-state index is 0.0202. The van der Waals surface area contributed by atoms with Gasteiger partial charge in [-0.15, -0.1) is 0 Å². The number of fused-ring (bicyclic) bond motifs is 3. The molecule has 260 valence electrons. The molecule has 1 N–H and O–H groups in total. The lowest BCUT2D eigenvalue weighted by Crippen LogP contribution is -2.43. The van der Waals surface area contributed by atoms with Gasteiger partial charge in [-0.3, -0.25) is 14.7 Å². The fourth-order valence-corrected chi connectivity index (χ4v) is 8.31. The number of benzene rings is 2. The summed E-state index contributed by atoms with van der Waals surface area (Å²) in [5.74, 6) is -1.04. The Labute approximate surface area is 292 Å². The highest BCUT2D eigenvalue weighted by Crippen LogP contribution is 2.42. The molecule has 8 rings (SSSR count). The van der Waals surface area contributed by atoms with E-state index in [4.69, 9.17) is 21.3 Å². The number of anilines is 1. The van der Waals surface area contributed by atoms with Crippen molar-refractivity contribution < 1.29 is 22.7 Å². The van der Waals surface area contributed by atoms with E-state index in [0.29, 0.717) is 60.0 Å². The van der Waals surface area contributed by atoms with Crippen molar-refractivity contribution in [3.05, 3.63) is 77.1 Å². The Morgan fingerprint density at radius 2 is 2.08 bits per heavy atom. The van der Waals surface area contributed by atoms with Gasteiger partial charge in [0.1, 0.15) is 35.6 Å². The summed E-state index contributed by atoms with van der Waals surface area (Å²) >= 11 is 6.41. The molecule has 4 aromatic rings. The Kier molecular flexibility index (Phi) is 8.54. The van der Waals surface area contributed by atoms with Gasteiger partial charge in [0.25, 0.3) is 0 Å². The Morgan fingerprint density at radius 1 is 1.20 bits per heavy atom. The van der Waals surface area contributed by atoms with Crippen LogP contribution in [0, 0.1) is 11.6 Å². The summed E-state index contributed by atoms with van der Waals surface area (Å²) in [4.78, 5) is 32.8. The van der Waals surface area contributed by atoms with E-state index in [-0.39, 0.29) is 40.8 Å². The van der Waals surface area contributed by atoms with E-state index in [1.807, 2.05) is 11.9 Å². The molecular weight excluding hydrogens is 667 g/mol. The topological polar surface area (TPSA) is 86.7 Å². The van der Waals surface area contributed by atoms with Gasteiger partial charge in [0.15, 0.2) is 5.82 Å². The third-order valence-corrected chi connectivity index (χ3v) is 11.0. The number of ether oxygens (including phenoxy) is 1.